The Labute approximate surface area is 186 Å². The third-order valence-corrected chi connectivity index (χ3v) is 5.55. The molecule has 0 unspecified atom stereocenters. The summed E-state index contributed by atoms with van der Waals surface area (Å²) in [7, 11) is 0. The minimum Gasteiger partial charge on any atom is -0.347 e. The Bertz CT molecular complexity index is 1400. The lowest BCUT2D eigenvalue weighted by Crippen LogP contribution is -2.23. The second kappa shape index (κ2) is 8.25. The van der Waals surface area contributed by atoms with Gasteiger partial charge in [0.15, 0.2) is 0 Å². The first-order valence-electron chi connectivity index (χ1n) is 9.42. The molecule has 152 valence electrons. The number of aromatic nitrogens is 4. The van der Waals surface area contributed by atoms with Gasteiger partial charge < -0.3 is 10.6 Å². The van der Waals surface area contributed by atoms with E-state index in [2.05, 4.69) is 29.3 Å². The molecule has 31 heavy (non-hydrogen) atoms. The Morgan fingerprint density at radius 3 is 2.74 bits per heavy atom. The smallest absolute Gasteiger partial charge is 0.270 e. The lowest BCUT2D eigenvalue weighted by atomic mass is 10.1. The maximum Gasteiger partial charge on any atom is 0.270 e. The van der Waals surface area contributed by atoms with Crippen molar-refractivity contribution < 1.29 is 4.79 Å². The van der Waals surface area contributed by atoms with Crippen LogP contribution in [0.25, 0.3) is 21.8 Å². The van der Waals surface area contributed by atoms with Gasteiger partial charge in [-0.25, -0.2) is 9.97 Å². The monoisotopic (exact) mass is 446 g/mol. The zero-order valence-electron chi connectivity index (χ0n) is 16.0. The summed E-state index contributed by atoms with van der Waals surface area (Å²) in [4.78, 5) is 21.1. The van der Waals surface area contributed by atoms with Gasteiger partial charge >= 0.3 is 0 Å². The van der Waals surface area contributed by atoms with Crippen LogP contribution in [0.15, 0.2) is 67.0 Å². The molecule has 0 atom stereocenters. The van der Waals surface area contributed by atoms with Crippen LogP contribution in [0.1, 0.15) is 16.1 Å². The average molecular weight is 447 g/mol. The first kappa shape index (κ1) is 19.3. The highest BCUT2D eigenvalue weighted by molar-refractivity contribution is 7.00. The molecule has 0 bridgehead atoms. The number of carbonyl (C=O) groups excluding carboxylic acids is 1. The van der Waals surface area contributed by atoms with Crippen molar-refractivity contribution in [2.75, 3.05) is 5.32 Å². The van der Waals surface area contributed by atoms with Crippen molar-refractivity contribution in [3.63, 3.8) is 0 Å². The highest BCUT2D eigenvalue weighted by Gasteiger charge is 2.09. The highest BCUT2D eigenvalue weighted by Crippen LogP contribution is 2.26. The van der Waals surface area contributed by atoms with Gasteiger partial charge in [0.25, 0.3) is 5.91 Å². The number of benzene rings is 2. The van der Waals surface area contributed by atoms with Crippen molar-refractivity contribution in [3.8, 4) is 0 Å². The normalized spacial score (nSPS) is 11.0. The minimum atomic E-state index is -0.252. The first-order chi connectivity index (χ1) is 15.2. The van der Waals surface area contributed by atoms with E-state index in [1.807, 2.05) is 42.5 Å². The topological polar surface area (TPSA) is 92.7 Å². The van der Waals surface area contributed by atoms with Crippen LogP contribution in [-0.4, -0.2) is 24.6 Å². The fraction of sp³-hybridized carbons (Fsp3) is 0.0455. The fourth-order valence-corrected chi connectivity index (χ4v) is 3.88. The van der Waals surface area contributed by atoms with Gasteiger partial charge in [0.1, 0.15) is 22.5 Å². The number of hydrogen-bond acceptors (Lipinski definition) is 7. The molecule has 9 heteroatoms. The predicted octanol–water partition coefficient (Wildman–Crippen LogP) is 4.96. The number of pyridine rings is 2. The Kier molecular flexibility index (Phi) is 5.15. The number of anilines is 2. The lowest BCUT2D eigenvalue weighted by Gasteiger charge is -2.10. The number of hydrogen-bond donors (Lipinski definition) is 2. The summed E-state index contributed by atoms with van der Waals surface area (Å²) in [5.41, 5.74) is 3.68. The summed E-state index contributed by atoms with van der Waals surface area (Å²) in [6, 6.07) is 16.8. The van der Waals surface area contributed by atoms with E-state index in [-0.39, 0.29) is 5.91 Å². The molecule has 2 aromatic carbocycles. The van der Waals surface area contributed by atoms with Crippen molar-refractivity contribution in [1.82, 2.24) is 24.0 Å². The molecule has 0 fully saturated rings. The second-order valence-electron chi connectivity index (χ2n) is 6.85. The zero-order chi connectivity index (χ0) is 21.2. The maximum absolute atomic E-state index is 12.5. The predicted molar refractivity (Wildman–Crippen MR) is 123 cm³/mol. The van der Waals surface area contributed by atoms with Gasteiger partial charge in [0.2, 0.25) is 0 Å². The first-order valence-corrected chi connectivity index (χ1v) is 10.5. The molecule has 3 aromatic heterocycles. The lowest BCUT2D eigenvalue weighted by molar-refractivity contribution is 0.0946. The van der Waals surface area contributed by atoms with E-state index >= 15 is 0 Å². The van der Waals surface area contributed by atoms with E-state index in [1.54, 1.807) is 24.5 Å². The van der Waals surface area contributed by atoms with Gasteiger partial charge in [0, 0.05) is 23.2 Å². The van der Waals surface area contributed by atoms with Gasteiger partial charge in [-0.15, -0.1) is 0 Å². The van der Waals surface area contributed by atoms with Crippen LogP contribution in [0.4, 0.5) is 11.5 Å². The van der Waals surface area contributed by atoms with E-state index < -0.39 is 0 Å². The summed E-state index contributed by atoms with van der Waals surface area (Å²) in [6.07, 6.45) is 3.33. The Hall–Kier alpha value is -3.62. The molecule has 0 radical (unpaired) electrons. The van der Waals surface area contributed by atoms with Crippen LogP contribution < -0.4 is 10.6 Å². The number of fused-ring (bicyclic) bond motifs is 2. The number of carbonyl (C=O) groups is 1. The molecule has 5 rings (SSSR count). The van der Waals surface area contributed by atoms with Crippen molar-refractivity contribution in [1.29, 1.82) is 0 Å². The summed E-state index contributed by atoms with van der Waals surface area (Å²) in [5, 5.41) is 8.68. The van der Waals surface area contributed by atoms with Crippen LogP contribution in [0, 0.1) is 0 Å². The van der Waals surface area contributed by atoms with Crippen LogP contribution in [0.3, 0.4) is 0 Å². The van der Waals surface area contributed by atoms with Crippen LogP contribution in [0.2, 0.25) is 5.02 Å². The molecule has 7 nitrogen and oxygen atoms in total. The molecule has 3 heterocycles. The SMILES string of the molecule is O=C(NCc1ccc2nsnc2c1)c1ccc(Nc2nccc3ccc(Cl)cc23)cn1. The summed E-state index contributed by atoms with van der Waals surface area (Å²) < 4.78 is 8.40. The number of halogens is 1. The third kappa shape index (κ3) is 4.16. The van der Waals surface area contributed by atoms with Crippen LogP contribution in [0.5, 0.6) is 0 Å². The molecule has 2 N–H and O–H groups in total. The molecule has 0 aliphatic carbocycles. The molecular weight excluding hydrogens is 432 g/mol. The number of rotatable bonds is 5. The van der Waals surface area contributed by atoms with Crippen molar-refractivity contribution in [2.45, 2.75) is 6.54 Å². The third-order valence-electron chi connectivity index (χ3n) is 4.76. The van der Waals surface area contributed by atoms with Crippen molar-refractivity contribution in [2.24, 2.45) is 0 Å². The molecule has 0 saturated heterocycles. The summed E-state index contributed by atoms with van der Waals surface area (Å²) >= 11 is 7.30. The van der Waals surface area contributed by atoms with Gasteiger partial charge in [-0.2, -0.15) is 8.75 Å². The second-order valence-corrected chi connectivity index (χ2v) is 7.82. The summed E-state index contributed by atoms with van der Waals surface area (Å²) in [5.74, 6) is 0.420. The number of nitrogens with one attached hydrogen (secondary N) is 2. The average Bonchev–Trinajstić information content (AvgIpc) is 3.26. The molecule has 0 aliphatic heterocycles. The zero-order valence-corrected chi connectivity index (χ0v) is 17.6. The summed E-state index contributed by atoms with van der Waals surface area (Å²) in [6.45, 7) is 0.384. The van der Waals surface area contributed by atoms with Gasteiger partial charge in [-0.1, -0.05) is 23.7 Å². The highest BCUT2D eigenvalue weighted by atomic mass is 35.5. The van der Waals surface area contributed by atoms with Crippen molar-refractivity contribution in [3.05, 3.63) is 83.3 Å². The van der Waals surface area contributed by atoms with Crippen molar-refractivity contribution >= 4 is 62.5 Å². The molecule has 0 saturated carbocycles. The van der Waals surface area contributed by atoms with E-state index in [9.17, 15) is 4.79 Å². The van der Waals surface area contributed by atoms with E-state index in [1.165, 1.54) is 11.7 Å². The van der Waals surface area contributed by atoms with Crippen LogP contribution in [-0.2, 0) is 6.54 Å². The van der Waals surface area contributed by atoms with E-state index in [4.69, 9.17) is 11.6 Å². The molecule has 1 amide bonds. The van der Waals surface area contributed by atoms with E-state index in [0.29, 0.717) is 23.1 Å². The minimum absolute atomic E-state index is 0.252. The standard InChI is InChI=1S/C22H15ClN6OS/c23-15-3-2-14-7-8-24-21(17(14)10-15)27-16-4-6-19(25-12-16)22(30)26-11-13-1-5-18-20(9-13)29-31-28-18/h1-10,12H,11H2,(H,24,27)(H,26,30). The quantitative estimate of drug-likeness (QED) is 0.396. The van der Waals surface area contributed by atoms with Gasteiger partial charge in [0.05, 0.1) is 23.6 Å². The number of nitrogens with zero attached hydrogens (tertiary/aromatic N) is 4. The Morgan fingerprint density at radius 2 is 1.87 bits per heavy atom. The molecule has 0 spiro atoms. The Morgan fingerprint density at radius 1 is 0.968 bits per heavy atom. The molecular formula is C22H15ClN6OS. The van der Waals surface area contributed by atoms with Gasteiger partial charge in [-0.3, -0.25) is 4.79 Å². The molecule has 5 aromatic rings. The van der Waals surface area contributed by atoms with Gasteiger partial charge in [-0.05, 0) is 53.4 Å². The number of amides is 1. The van der Waals surface area contributed by atoms with Crippen LogP contribution >= 0.6 is 23.3 Å². The van der Waals surface area contributed by atoms with E-state index in [0.717, 1.165) is 33.1 Å². The largest absolute Gasteiger partial charge is 0.347 e. The molecule has 0 aliphatic rings. The Balaban J connectivity index is 1.27. The fourth-order valence-electron chi connectivity index (χ4n) is 3.19. The maximum atomic E-state index is 12.5.